The lowest BCUT2D eigenvalue weighted by Gasteiger charge is -2.26. The van der Waals surface area contributed by atoms with Crippen LogP contribution in [0.2, 0.25) is 0 Å². The van der Waals surface area contributed by atoms with Crippen LogP contribution in [0.25, 0.3) is 11.6 Å². The van der Waals surface area contributed by atoms with Crippen LogP contribution in [0.5, 0.6) is 0 Å². The molecule has 1 aliphatic rings. The van der Waals surface area contributed by atoms with Gasteiger partial charge < -0.3 is 13.8 Å². The summed E-state index contributed by atoms with van der Waals surface area (Å²) in [7, 11) is 0. The fourth-order valence-corrected chi connectivity index (χ4v) is 2.92. The van der Waals surface area contributed by atoms with Crippen LogP contribution in [0.4, 0.5) is 5.88 Å². The van der Waals surface area contributed by atoms with E-state index in [2.05, 4.69) is 9.97 Å². The number of aromatic amines is 1. The van der Waals surface area contributed by atoms with Crippen molar-refractivity contribution in [3.8, 4) is 11.6 Å². The highest BCUT2D eigenvalue weighted by Gasteiger charge is 2.23. The molecule has 0 fully saturated rings. The molecule has 9 heteroatoms. The van der Waals surface area contributed by atoms with Crippen molar-refractivity contribution in [2.45, 2.75) is 19.5 Å². The van der Waals surface area contributed by atoms with Crippen molar-refractivity contribution < 1.29 is 13.8 Å². The quantitative estimate of drug-likeness (QED) is 0.569. The summed E-state index contributed by atoms with van der Waals surface area (Å²) in [5, 5.41) is 10.7. The van der Waals surface area contributed by atoms with E-state index >= 15 is 0 Å². The highest BCUT2D eigenvalue weighted by molar-refractivity contribution is 5.47. The Hall–Kier alpha value is -3.20. The molecule has 9 nitrogen and oxygen atoms in total. The molecule has 1 aliphatic heterocycles. The minimum Gasteiger partial charge on any atom is -0.461 e. The fourth-order valence-electron chi connectivity index (χ4n) is 2.92. The van der Waals surface area contributed by atoms with Crippen LogP contribution in [0.15, 0.2) is 44.2 Å². The van der Waals surface area contributed by atoms with Crippen LogP contribution in [0, 0.1) is 10.1 Å². The van der Waals surface area contributed by atoms with Crippen molar-refractivity contribution >= 4 is 5.88 Å². The molecular formula is C16H14N4O5. The third-order valence-corrected chi connectivity index (χ3v) is 4.11. The van der Waals surface area contributed by atoms with E-state index in [1.807, 2.05) is 4.90 Å². The van der Waals surface area contributed by atoms with Gasteiger partial charge in [0.1, 0.15) is 10.7 Å². The number of rotatable bonds is 4. The van der Waals surface area contributed by atoms with Gasteiger partial charge in [-0.3, -0.25) is 19.8 Å². The van der Waals surface area contributed by atoms with Gasteiger partial charge in [0, 0.05) is 19.5 Å². The van der Waals surface area contributed by atoms with Crippen LogP contribution in [0.1, 0.15) is 17.0 Å². The van der Waals surface area contributed by atoms with Crippen LogP contribution in [-0.4, -0.2) is 26.3 Å². The van der Waals surface area contributed by atoms with Crippen molar-refractivity contribution in [2.75, 3.05) is 6.54 Å². The van der Waals surface area contributed by atoms with Gasteiger partial charge in [0.25, 0.3) is 5.56 Å². The maximum Gasteiger partial charge on any atom is 0.433 e. The van der Waals surface area contributed by atoms with E-state index in [0.29, 0.717) is 49.0 Å². The monoisotopic (exact) mass is 342 g/mol. The van der Waals surface area contributed by atoms with Gasteiger partial charge in [0.15, 0.2) is 11.6 Å². The smallest absolute Gasteiger partial charge is 0.433 e. The number of furan rings is 2. The van der Waals surface area contributed by atoms with Crippen molar-refractivity contribution in [2.24, 2.45) is 0 Å². The third kappa shape index (κ3) is 2.96. The number of fused-ring (bicyclic) bond motifs is 1. The Morgan fingerprint density at radius 1 is 1.36 bits per heavy atom. The Kier molecular flexibility index (Phi) is 3.69. The Morgan fingerprint density at radius 2 is 2.24 bits per heavy atom. The van der Waals surface area contributed by atoms with Gasteiger partial charge in [-0.05, 0) is 18.2 Å². The van der Waals surface area contributed by atoms with Gasteiger partial charge in [-0.15, -0.1) is 0 Å². The van der Waals surface area contributed by atoms with E-state index in [1.165, 1.54) is 12.3 Å². The number of H-pyrrole nitrogens is 1. The van der Waals surface area contributed by atoms with Crippen LogP contribution < -0.4 is 5.56 Å². The average molecular weight is 342 g/mol. The van der Waals surface area contributed by atoms with Crippen molar-refractivity contribution in [3.05, 3.63) is 68.0 Å². The maximum absolute atomic E-state index is 12.4. The summed E-state index contributed by atoms with van der Waals surface area (Å²) in [6.07, 6.45) is 2.13. The molecule has 0 aromatic carbocycles. The van der Waals surface area contributed by atoms with Crippen LogP contribution in [0.3, 0.4) is 0 Å². The molecule has 0 saturated heterocycles. The summed E-state index contributed by atoms with van der Waals surface area (Å²) in [6.45, 7) is 1.48. The zero-order valence-electron chi connectivity index (χ0n) is 13.1. The number of nitrogens with one attached hydrogen (secondary N) is 1. The molecule has 0 unspecified atom stereocenters. The van der Waals surface area contributed by atoms with Gasteiger partial charge in [0.05, 0.1) is 30.1 Å². The summed E-state index contributed by atoms with van der Waals surface area (Å²) in [6, 6.07) is 6.38. The van der Waals surface area contributed by atoms with Gasteiger partial charge >= 0.3 is 5.88 Å². The van der Waals surface area contributed by atoms with Crippen LogP contribution >= 0.6 is 0 Å². The van der Waals surface area contributed by atoms with E-state index in [4.69, 9.17) is 8.83 Å². The number of hydrogen-bond acceptors (Lipinski definition) is 7. The molecule has 0 amide bonds. The molecule has 1 N–H and O–H groups in total. The molecular weight excluding hydrogens is 328 g/mol. The molecule has 0 radical (unpaired) electrons. The third-order valence-electron chi connectivity index (χ3n) is 4.11. The van der Waals surface area contributed by atoms with Gasteiger partial charge in [0.2, 0.25) is 0 Å². The highest BCUT2D eigenvalue weighted by atomic mass is 16.6. The molecule has 0 spiro atoms. The zero-order chi connectivity index (χ0) is 17.4. The lowest BCUT2D eigenvalue weighted by Crippen LogP contribution is -2.35. The lowest BCUT2D eigenvalue weighted by molar-refractivity contribution is -0.402. The highest BCUT2D eigenvalue weighted by Crippen LogP contribution is 2.22. The molecule has 3 aromatic heterocycles. The first-order valence-electron chi connectivity index (χ1n) is 7.71. The number of nitro groups is 1. The summed E-state index contributed by atoms with van der Waals surface area (Å²) >= 11 is 0. The molecule has 3 aromatic rings. The van der Waals surface area contributed by atoms with Crippen molar-refractivity contribution in [3.63, 3.8) is 0 Å². The van der Waals surface area contributed by atoms with Crippen molar-refractivity contribution in [1.82, 2.24) is 14.9 Å². The molecule has 0 bridgehead atoms. The van der Waals surface area contributed by atoms with Crippen LogP contribution in [-0.2, 0) is 19.5 Å². The molecule has 0 saturated carbocycles. The summed E-state index contributed by atoms with van der Waals surface area (Å²) < 4.78 is 10.5. The topological polar surface area (TPSA) is 118 Å². The molecule has 4 heterocycles. The Labute approximate surface area is 141 Å². The van der Waals surface area contributed by atoms with E-state index in [-0.39, 0.29) is 11.4 Å². The minimum atomic E-state index is -0.570. The van der Waals surface area contributed by atoms with Gasteiger partial charge in [-0.25, -0.2) is 4.98 Å². The summed E-state index contributed by atoms with van der Waals surface area (Å²) in [5.41, 5.74) is 1.14. The second-order valence-electron chi connectivity index (χ2n) is 5.77. The molecule has 0 aliphatic carbocycles. The van der Waals surface area contributed by atoms with E-state index in [1.54, 1.807) is 18.2 Å². The second-order valence-corrected chi connectivity index (χ2v) is 5.77. The largest absolute Gasteiger partial charge is 0.461 e. The average Bonchev–Trinajstić information content (AvgIpc) is 3.27. The van der Waals surface area contributed by atoms with E-state index in [0.717, 1.165) is 5.69 Å². The normalized spacial score (nSPS) is 14.4. The zero-order valence-corrected chi connectivity index (χ0v) is 13.1. The first-order chi connectivity index (χ1) is 12.1. The molecule has 0 atom stereocenters. The van der Waals surface area contributed by atoms with E-state index < -0.39 is 4.92 Å². The minimum absolute atomic E-state index is 0.202. The predicted molar refractivity (Wildman–Crippen MR) is 85.7 cm³/mol. The summed E-state index contributed by atoms with van der Waals surface area (Å²) in [5.74, 6) is 1.15. The van der Waals surface area contributed by atoms with Crippen molar-refractivity contribution in [1.29, 1.82) is 0 Å². The maximum atomic E-state index is 12.4. The number of hydrogen-bond donors (Lipinski definition) is 1. The first kappa shape index (κ1) is 15.3. The number of aromatic nitrogens is 2. The predicted octanol–water partition coefficient (Wildman–Crippen LogP) is 2.09. The Bertz CT molecular complexity index is 973. The van der Waals surface area contributed by atoms with Gasteiger partial charge in [-0.1, -0.05) is 0 Å². The Balaban J connectivity index is 1.55. The SMILES string of the molecule is O=c1[nH]c(-c2ccco2)nc2c1CN(Cc1ccc([N+](=O)[O-])o1)CC2. The molecule has 128 valence electrons. The second kappa shape index (κ2) is 6.02. The fraction of sp³-hybridized carbons (Fsp3) is 0.250. The first-order valence-corrected chi connectivity index (χ1v) is 7.71. The molecule has 25 heavy (non-hydrogen) atoms. The molecule has 4 rings (SSSR count). The van der Waals surface area contributed by atoms with E-state index in [9.17, 15) is 14.9 Å². The standard InChI is InChI=1S/C16H14N4O5/c21-16-11-9-19(8-10-3-4-14(25-10)20(22)23)6-5-12(11)17-15(18-16)13-2-1-7-24-13/h1-4,7H,5-6,8-9H2,(H,17,18,21). The lowest BCUT2D eigenvalue weighted by atomic mass is 10.1. The van der Waals surface area contributed by atoms with Gasteiger partial charge in [-0.2, -0.15) is 0 Å². The Morgan fingerprint density at radius 3 is 2.96 bits per heavy atom. The summed E-state index contributed by atoms with van der Waals surface area (Å²) in [4.78, 5) is 31.7. The number of nitrogens with zero attached hydrogens (tertiary/aromatic N) is 3.